The number of rotatable bonds is 6. The first-order valence-electron chi connectivity index (χ1n) is 6.34. The number of anilines is 1. The number of methoxy groups -OCH3 is 1. The van der Waals surface area contributed by atoms with E-state index >= 15 is 0 Å². The Bertz CT molecular complexity index is 661. The smallest absolute Gasteiger partial charge is 0.349 e. The molecule has 0 saturated heterocycles. The fourth-order valence-electron chi connectivity index (χ4n) is 1.64. The summed E-state index contributed by atoms with van der Waals surface area (Å²) in [4.78, 5) is 27.4. The minimum absolute atomic E-state index is 0.178. The maximum atomic E-state index is 11.8. The molecule has 0 fully saturated rings. The summed E-state index contributed by atoms with van der Waals surface area (Å²) in [6, 6.07) is 0. The van der Waals surface area contributed by atoms with Gasteiger partial charge in [-0.25, -0.2) is 9.78 Å². The van der Waals surface area contributed by atoms with Gasteiger partial charge in [0.15, 0.2) is 5.13 Å². The first kappa shape index (κ1) is 16.5. The maximum Gasteiger partial charge on any atom is 0.349 e. The molecule has 2 heterocycles. The van der Waals surface area contributed by atoms with Gasteiger partial charge in [0.1, 0.15) is 10.6 Å². The largest absolute Gasteiger partial charge is 0.465 e. The third kappa shape index (κ3) is 4.08. The molecule has 2 aromatic rings. The number of aryl methyl sites for hydroxylation is 2. The Morgan fingerprint density at radius 1 is 1.45 bits per heavy atom. The van der Waals surface area contributed by atoms with Gasteiger partial charge in [-0.15, -0.1) is 11.8 Å². The van der Waals surface area contributed by atoms with Crippen molar-refractivity contribution in [2.24, 2.45) is 0 Å². The van der Waals surface area contributed by atoms with E-state index in [1.165, 1.54) is 25.1 Å². The van der Waals surface area contributed by atoms with Crippen LogP contribution in [0.1, 0.15) is 26.7 Å². The normalized spacial score (nSPS) is 10.5. The van der Waals surface area contributed by atoms with Crippen LogP contribution in [0.25, 0.3) is 0 Å². The van der Waals surface area contributed by atoms with E-state index in [9.17, 15) is 9.59 Å². The molecule has 0 saturated carbocycles. The molecule has 0 spiro atoms. The number of ether oxygens (including phenoxy) is 1. The molecule has 0 radical (unpaired) electrons. The summed E-state index contributed by atoms with van der Waals surface area (Å²) < 4.78 is 9.65. The lowest BCUT2D eigenvalue weighted by Gasteiger charge is -2.02. The van der Waals surface area contributed by atoms with Crippen LogP contribution in [0.3, 0.4) is 0 Å². The summed E-state index contributed by atoms with van der Waals surface area (Å²) in [6.07, 6.45) is 1.38. The van der Waals surface area contributed by atoms with E-state index in [-0.39, 0.29) is 11.7 Å². The first-order valence-corrected chi connectivity index (χ1v) is 8.32. The molecule has 7 nitrogen and oxygen atoms in total. The predicted octanol–water partition coefficient (Wildman–Crippen LogP) is 2.41. The van der Waals surface area contributed by atoms with Crippen LogP contribution in [0, 0.1) is 13.8 Å². The third-order valence-corrected chi connectivity index (χ3v) is 4.65. The number of carbonyl (C=O) groups is 2. The lowest BCUT2D eigenvalue weighted by molar-refractivity contribution is -0.113. The van der Waals surface area contributed by atoms with Gasteiger partial charge in [-0.3, -0.25) is 4.79 Å². The number of thioether (sulfide) groups is 1. The number of carbonyl (C=O) groups excluding carboxylic acids is 2. The molecule has 118 valence electrons. The number of hydrogen-bond acceptors (Lipinski definition) is 8. The molecule has 0 aliphatic rings. The van der Waals surface area contributed by atoms with E-state index < -0.39 is 5.97 Å². The van der Waals surface area contributed by atoms with Crippen LogP contribution in [-0.4, -0.2) is 34.9 Å². The average molecular weight is 341 g/mol. The Kier molecular flexibility index (Phi) is 5.56. The molecule has 1 amide bonds. The van der Waals surface area contributed by atoms with Crippen molar-refractivity contribution in [1.82, 2.24) is 10.1 Å². The minimum Gasteiger partial charge on any atom is -0.465 e. The monoisotopic (exact) mass is 341 g/mol. The van der Waals surface area contributed by atoms with Crippen molar-refractivity contribution in [2.75, 3.05) is 18.2 Å². The highest BCUT2D eigenvalue weighted by Gasteiger charge is 2.13. The number of hydrogen-bond donors (Lipinski definition) is 1. The van der Waals surface area contributed by atoms with Gasteiger partial charge >= 0.3 is 5.97 Å². The van der Waals surface area contributed by atoms with Crippen molar-refractivity contribution in [3.8, 4) is 0 Å². The number of thiazole rings is 1. The van der Waals surface area contributed by atoms with E-state index in [1.54, 1.807) is 0 Å². The fourth-order valence-corrected chi connectivity index (χ4v) is 3.36. The van der Waals surface area contributed by atoms with Crippen LogP contribution in [0.15, 0.2) is 10.7 Å². The van der Waals surface area contributed by atoms with Gasteiger partial charge in [-0.2, -0.15) is 0 Å². The Labute approximate surface area is 135 Å². The highest BCUT2D eigenvalue weighted by atomic mass is 32.2. The SMILES string of the molecule is COC(=O)c1cnc(NC(=O)CSCc2c(C)noc2C)s1. The molecular formula is C13H15N3O4S2. The van der Waals surface area contributed by atoms with Gasteiger partial charge in [0, 0.05) is 11.3 Å². The number of nitrogens with one attached hydrogen (secondary N) is 1. The first-order chi connectivity index (χ1) is 10.5. The van der Waals surface area contributed by atoms with Crippen molar-refractivity contribution in [2.45, 2.75) is 19.6 Å². The van der Waals surface area contributed by atoms with Gasteiger partial charge in [-0.05, 0) is 13.8 Å². The number of amides is 1. The second-order valence-corrected chi connectivity index (χ2v) is 6.38. The van der Waals surface area contributed by atoms with E-state index in [2.05, 4.69) is 20.2 Å². The quantitative estimate of drug-likeness (QED) is 0.806. The molecule has 1 N–H and O–H groups in total. The summed E-state index contributed by atoms with van der Waals surface area (Å²) in [7, 11) is 1.30. The maximum absolute atomic E-state index is 11.8. The van der Waals surface area contributed by atoms with E-state index in [4.69, 9.17) is 4.52 Å². The fraction of sp³-hybridized carbons (Fsp3) is 0.385. The number of aromatic nitrogens is 2. The Morgan fingerprint density at radius 2 is 2.23 bits per heavy atom. The summed E-state index contributed by atoms with van der Waals surface area (Å²) >= 11 is 2.54. The predicted molar refractivity (Wildman–Crippen MR) is 84.2 cm³/mol. The van der Waals surface area contributed by atoms with E-state index in [0.29, 0.717) is 15.8 Å². The van der Waals surface area contributed by atoms with Crippen LogP contribution in [0.5, 0.6) is 0 Å². The highest BCUT2D eigenvalue weighted by Crippen LogP contribution is 2.21. The number of esters is 1. The molecule has 0 atom stereocenters. The second-order valence-electron chi connectivity index (χ2n) is 4.36. The van der Waals surface area contributed by atoms with E-state index in [1.807, 2.05) is 13.8 Å². The molecule has 0 bridgehead atoms. The van der Waals surface area contributed by atoms with Crippen LogP contribution < -0.4 is 5.32 Å². The standard InChI is InChI=1S/C13H15N3O4S2/c1-7-9(8(2)20-16-7)5-21-6-11(17)15-13-14-4-10(22-13)12(18)19-3/h4H,5-6H2,1-3H3,(H,14,15,17). The molecule has 2 rings (SSSR count). The van der Waals surface area contributed by atoms with Crippen molar-refractivity contribution in [1.29, 1.82) is 0 Å². The van der Waals surface area contributed by atoms with Gasteiger partial charge in [0.05, 0.1) is 24.8 Å². The Balaban J connectivity index is 1.81. The summed E-state index contributed by atoms with van der Waals surface area (Å²) in [5, 5.41) is 6.90. The van der Waals surface area contributed by atoms with Gasteiger partial charge < -0.3 is 14.6 Å². The molecule has 9 heteroatoms. The second kappa shape index (κ2) is 7.41. The van der Waals surface area contributed by atoms with Crippen LogP contribution in [0.4, 0.5) is 5.13 Å². The molecule has 0 aliphatic carbocycles. The lowest BCUT2D eigenvalue weighted by atomic mass is 10.2. The number of nitrogens with zero attached hydrogens (tertiary/aromatic N) is 2. The average Bonchev–Trinajstić information content (AvgIpc) is 3.07. The zero-order chi connectivity index (χ0) is 16.1. The molecule has 0 aromatic carbocycles. The summed E-state index contributed by atoms with van der Waals surface area (Å²) in [5.74, 6) is 1.05. The van der Waals surface area contributed by atoms with Crippen LogP contribution >= 0.6 is 23.1 Å². The van der Waals surface area contributed by atoms with Crippen LogP contribution in [-0.2, 0) is 15.3 Å². The highest BCUT2D eigenvalue weighted by molar-refractivity contribution is 7.99. The van der Waals surface area contributed by atoms with Crippen molar-refractivity contribution in [3.05, 3.63) is 28.1 Å². The van der Waals surface area contributed by atoms with Crippen molar-refractivity contribution < 1.29 is 18.8 Å². The molecule has 2 aromatic heterocycles. The Hall–Kier alpha value is -1.87. The molecule has 0 unspecified atom stereocenters. The minimum atomic E-state index is -0.467. The summed E-state index contributed by atoms with van der Waals surface area (Å²) in [5.41, 5.74) is 1.85. The van der Waals surface area contributed by atoms with Crippen molar-refractivity contribution in [3.63, 3.8) is 0 Å². The third-order valence-electron chi connectivity index (χ3n) is 2.80. The zero-order valence-electron chi connectivity index (χ0n) is 12.3. The molecular weight excluding hydrogens is 326 g/mol. The van der Waals surface area contributed by atoms with E-state index in [0.717, 1.165) is 28.4 Å². The van der Waals surface area contributed by atoms with Gasteiger partial charge in [0.2, 0.25) is 5.91 Å². The molecule has 0 aliphatic heterocycles. The topological polar surface area (TPSA) is 94.3 Å². The zero-order valence-corrected chi connectivity index (χ0v) is 14.0. The lowest BCUT2D eigenvalue weighted by Crippen LogP contribution is -2.13. The Morgan fingerprint density at radius 3 is 2.86 bits per heavy atom. The van der Waals surface area contributed by atoms with Crippen LogP contribution in [0.2, 0.25) is 0 Å². The van der Waals surface area contributed by atoms with Crippen molar-refractivity contribution >= 4 is 40.1 Å². The summed E-state index contributed by atoms with van der Waals surface area (Å²) in [6.45, 7) is 3.72. The van der Waals surface area contributed by atoms with Gasteiger partial charge in [-0.1, -0.05) is 16.5 Å². The molecule has 22 heavy (non-hydrogen) atoms. The van der Waals surface area contributed by atoms with Gasteiger partial charge in [0.25, 0.3) is 0 Å².